The molecule has 0 saturated heterocycles. The van der Waals surface area contributed by atoms with E-state index in [4.69, 9.17) is 20.8 Å². The van der Waals surface area contributed by atoms with E-state index in [2.05, 4.69) is 0 Å². The highest BCUT2D eigenvalue weighted by atomic mass is 35.5. The van der Waals surface area contributed by atoms with E-state index in [1.807, 2.05) is 57.2 Å². The van der Waals surface area contributed by atoms with E-state index in [-0.39, 0.29) is 5.91 Å². The second kappa shape index (κ2) is 8.53. The van der Waals surface area contributed by atoms with Crippen molar-refractivity contribution in [3.8, 4) is 16.9 Å². The summed E-state index contributed by atoms with van der Waals surface area (Å²) in [7, 11) is 1.62. The lowest BCUT2D eigenvalue weighted by molar-refractivity contribution is -0.125. The molecule has 4 nitrogen and oxygen atoms in total. The lowest BCUT2D eigenvalue weighted by Gasteiger charge is -2.17. The van der Waals surface area contributed by atoms with Gasteiger partial charge in [-0.1, -0.05) is 23.7 Å². The first-order chi connectivity index (χ1) is 13.5. The van der Waals surface area contributed by atoms with Crippen LogP contribution in [0.5, 0.6) is 5.75 Å². The Balaban J connectivity index is 2.10. The molecule has 0 N–H and O–H groups in total. The zero-order valence-corrected chi connectivity index (χ0v) is 17.3. The third kappa shape index (κ3) is 3.92. The summed E-state index contributed by atoms with van der Waals surface area (Å²) < 4.78 is 11.3. The molecule has 146 valence electrons. The van der Waals surface area contributed by atoms with Gasteiger partial charge in [0, 0.05) is 46.8 Å². The van der Waals surface area contributed by atoms with Gasteiger partial charge in [-0.05, 0) is 50.1 Å². The monoisotopic (exact) mass is 397 g/mol. The van der Waals surface area contributed by atoms with Gasteiger partial charge in [0.15, 0.2) is 0 Å². The highest BCUT2D eigenvalue weighted by molar-refractivity contribution is 6.30. The first-order valence-electron chi connectivity index (χ1n) is 9.31. The van der Waals surface area contributed by atoms with Crippen LogP contribution in [0.3, 0.4) is 0 Å². The summed E-state index contributed by atoms with van der Waals surface area (Å²) in [5.74, 6) is 0.667. The number of carbonyl (C=O) groups excluding carboxylic acids is 1. The molecule has 3 aromatic rings. The molecule has 0 fully saturated rings. The minimum absolute atomic E-state index is 0.00484. The molecule has 0 atom stereocenters. The molecule has 0 spiro atoms. The van der Waals surface area contributed by atoms with E-state index in [1.165, 1.54) is 0 Å². The number of ether oxygens (including phenoxy) is 1. The lowest BCUT2D eigenvalue weighted by Crippen LogP contribution is -2.28. The molecular weight excluding hydrogens is 374 g/mol. The number of methoxy groups -OCH3 is 1. The van der Waals surface area contributed by atoms with Crippen molar-refractivity contribution < 1.29 is 13.9 Å². The Kier molecular flexibility index (Phi) is 6.10. The van der Waals surface area contributed by atoms with Gasteiger partial charge < -0.3 is 14.1 Å². The van der Waals surface area contributed by atoms with Crippen molar-refractivity contribution in [1.82, 2.24) is 4.90 Å². The molecule has 5 heteroatoms. The Morgan fingerprint density at radius 1 is 1.18 bits per heavy atom. The summed E-state index contributed by atoms with van der Waals surface area (Å²) in [5.41, 5.74) is 4.43. The van der Waals surface area contributed by atoms with Crippen molar-refractivity contribution in [2.45, 2.75) is 20.8 Å². The van der Waals surface area contributed by atoms with Crippen molar-refractivity contribution in [2.75, 3.05) is 20.2 Å². The second-order valence-corrected chi connectivity index (χ2v) is 6.98. The van der Waals surface area contributed by atoms with E-state index in [0.29, 0.717) is 23.9 Å². The molecule has 3 rings (SSSR count). The smallest absolute Gasteiger partial charge is 0.246 e. The molecule has 2 aromatic carbocycles. The predicted molar refractivity (Wildman–Crippen MR) is 115 cm³/mol. The Morgan fingerprint density at radius 3 is 2.46 bits per heavy atom. The summed E-state index contributed by atoms with van der Waals surface area (Å²) in [5, 5.41) is 1.65. The van der Waals surface area contributed by atoms with Crippen molar-refractivity contribution in [1.29, 1.82) is 0 Å². The van der Waals surface area contributed by atoms with Crippen molar-refractivity contribution in [3.63, 3.8) is 0 Å². The van der Waals surface area contributed by atoms with Gasteiger partial charge in [0.1, 0.15) is 11.3 Å². The Morgan fingerprint density at radius 2 is 1.86 bits per heavy atom. The van der Waals surface area contributed by atoms with Crippen LogP contribution in [0.25, 0.3) is 27.7 Å². The molecular formula is C23H24ClNO3. The van der Waals surface area contributed by atoms with Crippen molar-refractivity contribution in [3.05, 3.63) is 59.3 Å². The third-order valence-corrected chi connectivity index (χ3v) is 5.14. The molecule has 1 heterocycles. The Bertz CT molecular complexity index is 1010. The van der Waals surface area contributed by atoms with Gasteiger partial charge in [0.25, 0.3) is 0 Å². The normalized spacial score (nSPS) is 11.7. The highest BCUT2D eigenvalue weighted by Gasteiger charge is 2.16. The van der Waals surface area contributed by atoms with Gasteiger partial charge in [0.2, 0.25) is 5.91 Å². The quantitative estimate of drug-likeness (QED) is 0.476. The summed E-state index contributed by atoms with van der Waals surface area (Å²) in [6.45, 7) is 7.23. The predicted octanol–water partition coefficient (Wildman–Crippen LogP) is 6.03. The SMILES string of the molecule is CCN(CC)C(=O)/C=C(\C)c1cc2c(-c3ccc(Cl)cc3)coc2cc1OC. The Hall–Kier alpha value is -2.72. The first-order valence-corrected chi connectivity index (χ1v) is 9.69. The summed E-state index contributed by atoms with van der Waals surface area (Å²) in [4.78, 5) is 14.3. The fourth-order valence-electron chi connectivity index (χ4n) is 3.27. The van der Waals surface area contributed by atoms with Crippen LogP contribution in [0.4, 0.5) is 0 Å². The fraction of sp³-hybridized carbons (Fsp3) is 0.261. The number of rotatable bonds is 6. The van der Waals surface area contributed by atoms with Crippen LogP contribution in [-0.2, 0) is 4.79 Å². The molecule has 28 heavy (non-hydrogen) atoms. The van der Waals surface area contributed by atoms with Crippen molar-refractivity contribution in [2.24, 2.45) is 0 Å². The number of allylic oxidation sites excluding steroid dienone is 1. The second-order valence-electron chi connectivity index (χ2n) is 6.54. The fourth-order valence-corrected chi connectivity index (χ4v) is 3.40. The maximum atomic E-state index is 12.5. The highest BCUT2D eigenvalue weighted by Crippen LogP contribution is 2.37. The van der Waals surface area contributed by atoms with Crippen LogP contribution in [-0.4, -0.2) is 31.0 Å². The number of carbonyl (C=O) groups is 1. The van der Waals surface area contributed by atoms with E-state index >= 15 is 0 Å². The van der Waals surface area contributed by atoms with Crippen LogP contribution in [0.1, 0.15) is 26.3 Å². The first kappa shape index (κ1) is 20.0. The number of likely N-dealkylation sites (N-methyl/N-ethyl adjacent to an activating group) is 1. The molecule has 0 unspecified atom stereocenters. The molecule has 0 aliphatic rings. The number of furan rings is 1. The van der Waals surface area contributed by atoms with Gasteiger partial charge in [-0.3, -0.25) is 4.79 Å². The van der Waals surface area contributed by atoms with Crippen molar-refractivity contribution >= 4 is 34.1 Å². The van der Waals surface area contributed by atoms with Crippen LogP contribution < -0.4 is 4.74 Å². The minimum atomic E-state index is -0.00484. The maximum Gasteiger partial charge on any atom is 0.246 e. The standard InChI is InChI=1S/C23H24ClNO3/c1-5-25(6-2)23(26)11-15(3)18-12-19-20(16-7-9-17(24)10-8-16)14-28-22(19)13-21(18)27-4/h7-14H,5-6H2,1-4H3/b15-11+. The molecule has 0 bridgehead atoms. The number of fused-ring (bicyclic) bond motifs is 1. The van der Waals surface area contributed by atoms with E-state index < -0.39 is 0 Å². The van der Waals surface area contributed by atoms with E-state index in [1.54, 1.807) is 24.3 Å². The summed E-state index contributed by atoms with van der Waals surface area (Å²) in [6.07, 6.45) is 3.40. The largest absolute Gasteiger partial charge is 0.496 e. The number of halogens is 1. The molecule has 0 aliphatic heterocycles. The van der Waals surface area contributed by atoms with Gasteiger partial charge in [0.05, 0.1) is 13.4 Å². The van der Waals surface area contributed by atoms with E-state index in [9.17, 15) is 4.79 Å². The van der Waals surface area contributed by atoms with Gasteiger partial charge in [-0.15, -0.1) is 0 Å². The number of benzene rings is 2. The lowest BCUT2D eigenvalue weighted by atomic mass is 9.99. The average Bonchev–Trinajstić information content (AvgIpc) is 3.11. The van der Waals surface area contributed by atoms with Crippen LogP contribution >= 0.6 is 11.6 Å². The number of hydrogen-bond acceptors (Lipinski definition) is 3. The number of hydrogen-bond donors (Lipinski definition) is 0. The van der Waals surface area contributed by atoms with E-state index in [0.717, 1.165) is 33.2 Å². The zero-order chi connectivity index (χ0) is 20.3. The van der Waals surface area contributed by atoms with Gasteiger partial charge in [-0.2, -0.15) is 0 Å². The van der Waals surface area contributed by atoms with Crippen LogP contribution in [0.2, 0.25) is 5.02 Å². The van der Waals surface area contributed by atoms with Crippen LogP contribution in [0, 0.1) is 0 Å². The van der Waals surface area contributed by atoms with Gasteiger partial charge in [-0.25, -0.2) is 0 Å². The molecule has 0 radical (unpaired) electrons. The topological polar surface area (TPSA) is 42.7 Å². The number of nitrogens with zero attached hydrogens (tertiary/aromatic N) is 1. The summed E-state index contributed by atoms with van der Waals surface area (Å²) in [6, 6.07) is 11.5. The molecule has 1 amide bonds. The molecule has 0 aliphatic carbocycles. The maximum absolute atomic E-state index is 12.5. The van der Waals surface area contributed by atoms with Gasteiger partial charge >= 0.3 is 0 Å². The average molecular weight is 398 g/mol. The molecule has 0 saturated carbocycles. The van der Waals surface area contributed by atoms with Crippen LogP contribution in [0.15, 0.2) is 53.2 Å². The summed E-state index contributed by atoms with van der Waals surface area (Å²) >= 11 is 6.01. The molecule has 1 aromatic heterocycles. The zero-order valence-electron chi connectivity index (χ0n) is 16.6. The Labute approximate surface area is 170 Å². The third-order valence-electron chi connectivity index (χ3n) is 4.89. The number of amides is 1. The minimum Gasteiger partial charge on any atom is -0.496 e.